The molecule has 3 heteroatoms. The second kappa shape index (κ2) is 2.01. The number of hydrogen-bond acceptors (Lipinski definition) is 2. The Hall–Kier alpha value is -1.12. The third-order valence-corrected chi connectivity index (χ3v) is 1.34. The summed E-state index contributed by atoms with van der Waals surface area (Å²) in [6.45, 7) is 1.87. The summed E-state index contributed by atoms with van der Waals surface area (Å²) in [5.74, 6) is 0.863. The fraction of sp³-hybridized carbons (Fsp3) is 0.333. The number of rotatable bonds is 0. The van der Waals surface area contributed by atoms with E-state index in [0.717, 1.165) is 5.82 Å². The Bertz CT molecular complexity index is 261. The molecule has 0 aromatic carbocycles. The van der Waals surface area contributed by atoms with Crippen molar-refractivity contribution in [2.24, 2.45) is 7.05 Å². The number of aromatic nitrogens is 2. The largest absolute Gasteiger partial charge is 0.318 e. The van der Waals surface area contributed by atoms with Crippen molar-refractivity contribution in [3.63, 3.8) is 0 Å². The van der Waals surface area contributed by atoms with Crippen molar-refractivity contribution in [2.45, 2.75) is 6.92 Å². The van der Waals surface area contributed by atoms with Gasteiger partial charge in [0.05, 0.1) is 0 Å². The Kier molecular flexibility index (Phi) is 1.34. The molecule has 9 heavy (non-hydrogen) atoms. The molecule has 0 aliphatic heterocycles. The summed E-state index contributed by atoms with van der Waals surface area (Å²) in [7, 11) is 1.82. The van der Waals surface area contributed by atoms with Crippen LogP contribution in [-0.2, 0) is 7.05 Å². The van der Waals surface area contributed by atoms with E-state index in [2.05, 4.69) is 4.98 Å². The molecule has 0 fully saturated rings. The Morgan fingerprint density at radius 1 is 1.67 bits per heavy atom. The zero-order chi connectivity index (χ0) is 6.85. The van der Waals surface area contributed by atoms with Crippen LogP contribution >= 0.6 is 0 Å². The van der Waals surface area contributed by atoms with Crippen molar-refractivity contribution >= 4 is 0 Å². The van der Waals surface area contributed by atoms with Gasteiger partial charge in [-0.15, -0.1) is 0 Å². The number of aryl methyl sites for hydroxylation is 1. The SMILES string of the molecule is Cc1nccc(=N)n1C. The molecule has 3 nitrogen and oxygen atoms in total. The normalized spacial score (nSPS) is 9.56. The highest BCUT2D eigenvalue weighted by Crippen LogP contribution is 1.80. The van der Waals surface area contributed by atoms with E-state index in [1.54, 1.807) is 16.8 Å². The molecule has 1 aromatic rings. The van der Waals surface area contributed by atoms with Crippen LogP contribution in [0.2, 0.25) is 0 Å². The second-order valence-corrected chi connectivity index (χ2v) is 1.94. The molecule has 0 bridgehead atoms. The minimum Gasteiger partial charge on any atom is -0.318 e. The van der Waals surface area contributed by atoms with Gasteiger partial charge in [-0.3, -0.25) is 5.41 Å². The van der Waals surface area contributed by atoms with E-state index in [-0.39, 0.29) is 0 Å². The first-order chi connectivity index (χ1) is 4.22. The third kappa shape index (κ3) is 0.988. The average molecular weight is 123 g/mol. The number of nitrogens with zero attached hydrogens (tertiary/aromatic N) is 2. The highest BCUT2D eigenvalue weighted by molar-refractivity contribution is 4.87. The molecule has 0 amide bonds. The van der Waals surface area contributed by atoms with E-state index in [1.807, 2.05) is 14.0 Å². The van der Waals surface area contributed by atoms with Crippen molar-refractivity contribution in [2.75, 3.05) is 0 Å². The molecule has 1 heterocycles. The van der Waals surface area contributed by atoms with Crippen molar-refractivity contribution in [1.29, 1.82) is 5.41 Å². The van der Waals surface area contributed by atoms with Crippen molar-refractivity contribution < 1.29 is 0 Å². The summed E-state index contributed by atoms with van der Waals surface area (Å²) in [5.41, 5.74) is 0.488. The van der Waals surface area contributed by atoms with E-state index in [1.165, 1.54) is 0 Å². The highest BCUT2D eigenvalue weighted by Gasteiger charge is 1.87. The molecule has 0 radical (unpaired) electrons. The summed E-state index contributed by atoms with van der Waals surface area (Å²) < 4.78 is 1.72. The zero-order valence-corrected chi connectivity index (χ0v) is 5.55. The Morgan fingerprint density at radius 3 is 2.78 bits per heavy atom. The Balaban J connectivity index is 3.43. The average Bonchev–Trinajstić information content (AvgIpc) is 1.83. The maximum absolute atomic E-state index is 7.28. The lowest BCUT2D eigenvalue weighted by Crippen LogP contribution is -2.18. The summed E-state index contributed by atoms with van der Waals surface area (Å²) in [4.78, 5) is 3.98. The van der Waals surface area contributed by atoms with Gasteiger partial charge < -0.3 is 4.57 Å². The molecule has 1 rings (SSSR count). The summed E-state index contributed by atoms with van der Waals surface area (Å²) >= 11 is 0. The van der Waals surface area contributed by atoms with E-state index < -0.39 is 0 Å². The fourth-order valence-electron chi connectivity index (χ4n) is 0.588. The number of hydrogen-bond donors (Lipinski definition) is 1. The minimum absolute atomic E-state index is 0.488. The van der Waals surface area contributed by atoms with Crippen LogP contribution in [0.15, 0.2) is 12.3 Å². The Labute approximate surface area is 53.5 Å². The van der Waals surface area contributed by atoms with E-state index in [4.69, 9.17) is 5.41 Å². The lowest BCUT2D eigenvalue weighted by Gasteiger charge is -1.99. The lowest BCUT2D eigenvalue weighted by molar-refractivity contribution is 0.744. The predicted molar refractivity (Wildman–Crippen MR) is 33.8 cm³/mol. The van der Waals surface area contributed by atoms with Crippen molar-refractivity contribution in [1.82, 2.24) is 9.55 Å². The smallest absolute Gasteiger partial charge is 0.127 e. The molecule has 0 spiro atoms. The van der Waals surface area contributed by atoms with Crippen LogP contribution in [0.25, 0.3) is 0 Å². The van der Waals surface area contributed by atoms with Crippen LogP contribution in [0.5, 0.6) is 0 Å². The molecule has 0 unspecified atom stereocenters. The molecular weight excluding hydrogens is 114 g/mol. The zero-order valence-electron chi connectivity index (χ0n) is 5.55. The van der Waals surface area contributed by atoms with Crippen LogP contribution in [0.4, 0.5) is 0 Å². The van der Waals surface area contributed by atoms with Gasteiger partial charge in [0.2, 0.25) is 0 Å². The van der Waals surface area contributed by atoms with Crippen LogP contribution in [-0.4, -0.2) is 9.55 Å². The molecule has 1 aromatic heterocycles. The van der Waals surface area contributed by atoms with Crippen LogP contribution in [0, 0.1) is 12.3 Å². The third-order valence-electron chi connectivity index (χ3n) is 1.34. The lowest BCUT2D eigenvalue weighted by atomic mass is 10.5. The molecular formula is C6H9N3. The van der Waals surface area contributed by atoms with E-state index in [9.17, 15) is 0 Å². The standard InChI is InChI=1S/C6H9N3/c1-5-8-4-3-6(7)9(5)2/h3-4,7H,1-2H3. The van der Waals surface area contributed by atoms with Crippen molar-refractivity contribution in [3.8, 4) is 0 Å². The Morgan fingerprint density at radius 2 is 2.33 bits per heavy atom. The minimum atomic E-state index is 0.488. The topological polar surface area (TPSA) is 41.7 Å². The maximum Gasteiger partial charge on any atom is 0.127 e. The predicted octanol–water partition coefficient (Wildman–Crippen LogP) is 0.208. The van der Waals surface area contributed by atoms with Gasteiger partial charge in [-0.2, -0.15) is 0 Å². The van der Waals surface area contributed by atoms with E-state index in [0.29, 0.717) is 5.49 Å². The van der Waals surface area contributed by atoms with E-state index >= 15 is 0 Å². The maximum atomic E-state index is 7.28. The molecule has 48 valence electrons. The fourth-order valence-corrected chi connectivity index (χ4v) is 0.588. The van der Waals surface area contributed by atoms with Crippen LogP contribution in [0.1, 0.15) is 5.82 Å². The quantitative estimate of drug-likeness (QED) is 0.526. The van der Waals surface area contributed by atoms with Gasteiger partial charge in [0.25, 0.3) is 0 Å². The molecule has 0 saturated carbocycles. The van der Waals surface area contributed by atoms with Gasteiger partial charge in [0.15, 0.2) is 0 Å². The molecule has 1 N–H and O–H groups in total. The van der Waals surface area contributed by atoms with Gasteiger partial charge in [-0.05, 0) is 13.0 Å². The van der Waals surface area contributed by atoms with Gasteiger partial charge in [-0.25, -0.2) is 4.98 Å². The summed E-state index contributed by atoms with van der Waals surface area (Å²) in [5, 5.41) is 7.28. The summed E-state index contributed by atoms with van der Waals surface area (Å²) in [6, 6.07) is 1.66. The van der Waals surface area contributed by atoms with Crippen LogP contribution < -0.4 is 5.49 Å². The van der Waals surface area contributed by atoms with Crippen molar-refractivity contribution in [3.05, 3.63) is 23.6 Å². The second-order valence-electron chi connectivity index (χ2n) is 1.94. The van der Waals surface area contributed by atoms with Gasteiger partial charge in [0, 0.05) is 13.2 Å². The summed E-state index contributed by atoms with van der Waals surface area (Å²) in [6.07, 6.45) is 1.64. The first-order valence-corrected chi connectivity index (χ1v) is 2.75. The molecule has 0 atom stereocenters. The molecule has 0 aliphatic carbocycles. The van der Waals surface area contributed by atoms with Gasteiger partial charge >= 0.3 is 0 Å². The first kappa shape index (κ1) is 6.01. The number of nitrogens with one attached hydrogen (secondary N) is 1. The van der Waals surface area contributed by atoms with Crippen LogP contribution in [0.3, 0.4) is 0 Å². The highest BCUT2D eigenvalue weighted by atomic mass is 15.0. The monoisotopic (exact) mass is 123 g/mol. The molecule has 0 aliphatic rings. The van der Waals surface area contributed by atoms with Gasteiger partial charge in [0.1, 0.15) is 11.3 Å². The molecule has 0 saturated heterocycles. The van der Waals surface area contributed by atoms with Gasteiger partial charge in [-0.1, -0.05) is 0 Å². The first-order valence-electron chi connectivity index (χ1n) is 2.75.